The van der Waals surface area contributed by atoms with E-state index in [0.717, 1.165) is 68.2 Å². The second-order valence-electron chi connectivity index (χ2n) is 41.9. The lowest BCUT2D eigenvalue weighted by Crippen LogP contribution is -2.48. The number of aromatic nitrogens is 3. The average Bonchev–Trinajstić information content (AvgIpc) is 0.811. The second kappa shape index (κ2) is 53.8. The largest absolute Gasteiger partial charge is 0.494 e. The molecule has 2 aliphatic carbocycles. The summed E-state index contributed by atoms with van der Waals surface area (Å²) in [5.74, 6) is 1.42. The Morgan fingerprint density at radius 1 is 0.449 bits per heavy atom. The predicted molar refractivity (Wildman–Crippen MR) is 517 cm³/mol. The van der Waals surface area contributed by atoms with Gasteiger partial charge in [-0.15, -0.1) is 0 Å². The molecule has 118 heavy (non-hydrogen) atoms. The summed E-state index contributed by atoms with van der Waals surface area (Å²) in [5, 5.41) is 3.41. The molecule has 660 valence electrons. The van der Waals surface area contributed by atoms with E-state index < -0.39 is 0 Å². The monoisotopic (exact) mass is 1620 g/mol. The normalized spacial score (nSPS) is 14.5. The lowest BCUT2D eigenvalue weighted by molar-refractivity contribution is 0.139. The van der Waals surface area contributed by atoms with Crippen molar-refractivity contribution in [1.29, 1.82) is 0 Å². The van der Waals surface area contributed by atoms with E-state index in [0.29, 0.717) is 33.3 Å². The number of rotatable bonds is 13. The van der Waals surface area contributed by atoms with Crippen molar-refractivity contribution < 1.29 is 9.13 Å². The number of nitrogens with one attached hydrogen (secondary N) is 1. The van der Waals surface area contributed by atoms with Gasteiger partial charge in [-0.3, -0.25) is 19.9 Å². The van der Waals surface area contributed by atoms with Gasteiger partial charge in [-0.1, -0.05) is 306 Å². The number of pyridine rings is 3. The molecule has 9 nitrogen and oxygen atoms in total. The van der Waals surface area contributed by atoms with E-state index in [1.165, 1.54) is 129 Å². The van der Waals surface area contributed by atoms with Crippen LogP contribution in [-0.2, 0) is 56.8 Å². The van der Waals surface area contributed by atoms with Crippen LogP contribution in [0.1, 0.15) is 331 Å². The molecular formula is C108H175FN8O. The Bertz CT molecular complexity index is 3680. The summed E-state index contributed by atoms with van der Waals surface area (Å²) in [4.78, 5) is 14.8. The van der Waals surface area contributed by atoms with Gasteiger partial charge in [0.25, 0.3) is 0 Å². The van der Waals surface area contributed by atoms with Crippen molar-refractivity contribution in [2.75, 3.05) is 33.3 Å². The van der Waals surface area contributed by atoms with Crippen LogP contribution in [0.3, 0.4) is 0 Å². The second-order valence-corrected chi connectivity index (χ2v) is 41.9. The Morgan fingerprint density at radius 3 is 1.32 bits per heavy atom. The van der Waals surface area contributed by atoms with Crippen LogP contribution in [0.25, 0.3) is 0 Å². The highest BCUT2D eigenvalue weighted by molar-refractivity contribution is 5.35. The first kappa shape index (κ1) is 109. The van der Waals surface area contributed by atoms with Crippen molar-refractivity contribution in [1.82, 2.24) is 25.2 Å². The highest BCUT2D eigenvalue weighted by atomic mass is 19.1. The average molecular weight is 1620 g/mol. The first-order valence-electron chi connectivity index (χ1n) is 44.9. The molecule has 1 aliphatic heterocycles. The van der Waals surface area contributed by atoms with E-state index in [2.05, 4.69) is 268 Å². The van der Waals surface area contributed by atoms with Crippen LogP contribution in [0.4, 0.5) is 4.39 Å². The first-order chi connectivity index (χ1) is 54.7. The number of hydrogen-bond acceptors (Lipinski definition) is 9. The number of piperazine rings is 1. The third kappa shape index (κ3) is 53.7. The molecule has 1 saturated carbocycles. The van der Waals surface area contributed by atoms with Gasteiger partial charge in [0, 0.05) is 91.9 Å². The lowest BCUT2D eigenvalue weighted by atomic mass is 9.69. The van der Waals surface area contributed by atoms with Crippen molar-refractivity contribution in [3.63, 3.8) is 0 Å². The van der Waals surface area contributed by atoms with E-state index in [-0.39, 0.29) is 33.3 Å². The summed E-state index contributed by atoms with van der Waals surface area (Å²) in [6.07, 6.45) is 27.3. The molecule has 10 heteroatoms. The van der Waals surface area contributed by atoms with Gasteiger partial charge >= 0.3 is 0 Å². The fourth-order valence-electron chi connectivity index (χ4n) is 14.3. The molecule has 3 aliphatic rings. The molecule has 7 N–H and O–H groups in total. The fourth-order valence-corrected chi connectivity index (χ4v) is 14.3. The van der Waals surface area contributed by atoms with Crippen molar-refractivity contribution >= 4 is 0 Å². The SMILES string of the molecule is C1CCC(N2CCNCC2)CC1.CC.CC.CC(C)(C)C1CCCc2ccccc21.CC(C)(C)Cc1ccc(C(C)(C)C)cc1.CC(C)(N)Cc1ccccn1.CC(C)(N)Cc1cccnc1.CC(C)(N)Cc1ccncc1.CC(C)c1ccc(CC(C)(C)C)cc1.COc1ccc(CC(C)(C)C)cc1F.Cc1ccc(CC(C)(C)C)cc1. The van der Waals surface area contributed by atoms with Gasteiger partial charge in [0.05, 0.1) is 7.11 Å². The third-order valence-electron chi connectivity index (χ3n) is 19.6. The topological polar surface area (TPSA) is 141 Å². The Hall–Kier alpha value is -6.92. The molecule has 1 saturated heterocycles. The van der Waals surface area contributed by atoms with Crippen LogP contribution in [0.15, 0.2) is 189 Å². The lowest BCUT2D eigenvalue weighted by Gasteiger charge is -2.36. The van der Waals surface area contributed by atoms with Gasteiger partial charge in [-0.05, 0) is 262 Å². The molecule has 0 amide bonds. The van der Waals surface area contributed by atoms with Crippen LogP contribution in [-0.4, -0.2) is 75.8 Å². The number of halogens is 1. The predicted octanol–water partition coefficient (Wildman–Crippen LogP) is 27.5. The van der Waals surface area contributed by atoms with Gasteiger partial charge in [0.15, 0.2) is 11.6 Å². The molecule has 4 heterocycles. The van der Waals surface area contributed by atoms with Crippen LogP contribution < -0.4 is 27.3 Å². The molecular weight excluding hydrogens is 1440 g/mol. The number of fused-ring (bicyclic) bond motifs is 1. The molecule has 11 rings (SSSR count). The summed E-state index contributed by atoms with van der Waals surface area (Å²) in [5.41, 5.74) is 35.3. The number of methoxy groups -OCH3 is 1. The van der Waals surface area contributed by atoms with Gasteiger partial charge < -0.3 is 27.3 Å². The zero-order chi connectivity index (χ0) is 89.8. The highest BCUT2D eigenvalue weighted by Gasteiger charge is 2.30. The summed E-state index contributed by atoms with van der Waals surface area (Å²) in [6, 6.07) is 55.8. The van der Waals surface area contributed by atoms with Crippen LogP contribution in [0.2, 0.25) is 0 Å². The van der Waals surface area contributed by atoms with Crippen molar-refractivity contribution in [2.24, 2.45) is 44.3 Å². The maximum absolute atomic E-state index is 13.3. The quantitative estimate of drug-likeness (QED) is 0.0888. The third-order valence-corrected chi connectivity index (χ3v) is 19.6. The minimum Gasteiger partial charge on any atom is -0.494 e. The van der Waals surface area contributed by atoms with Crippen molar-refractivity contribution in [3.8, 4) is 5.75 Å². The van der Waals surface area contributed by atoms with Gasteiger partial charge in [-0.25, -0.2) is 4.39 Å². The summed E-state index contributed by atoms with van der Waals surface area (Å²) < 4.78 is 18.2. The highest BCUT2D eigenvalue weighted by Crippen LogP contribution is 2.43. The maximum atomic E-state index is 13.3. The summed E-state index contributed by atoms with van der Waals surface area (Å²) in [7, 11) is 1.47. The smallest absolute Gasteiger partial charge is 0.165 e. The van der Waals surface area contributed by atoms with E-state index in [4.69, 9.17) is 21.9 Å². The number of ether oxygens (including phenoxy) is 1. The van der Waals surface area contributed by atoms with Crippen LogP contribution >= 0.6 is 0 Å². The zero-order valence-electron chi connectivity index (χ0n) is 81.4. The molecule has 5 aromatic carbocycles. The molecule has 2 fully saturated rings. The number of nitrogens with two attached hydrogens (primary N) is 3. The summed E-state index contributed by atoms with van der Waals surface area (Å²) in [6.45, 7) is 72.4. The molecule has 0 bridgehead atoms. The Kier molecular flexibility index (Phi) is 49.7. The van der Waals surface area contributed by atoms with Crippen molar-refractivity contribution in [3.05, 3.63) is 261 Å². The minimum absolute atomic E-state index is 0.124. The Morgan fingerprint density at radius 2 is 0.898 bits per heavy atom. The molecule has 3 aromatic heterocycles. The van der Waals surface area contributed by atoms with E-state index >= 15 is 0 Å². The fraction of sp³-hybridized carbons (Fsp3) is 0.583. The maximum Gasteiger partial charge on any atom is 0.165 e. The Balaban J connectivity index is 0.000000661. The molecule has 0 radical (unpaired) electrons. The first-order valence-corrected chi connectivity index (χ1v) is 44.9. The molecule has 0 spiro atoms. The zero-order valence-corrected chi connectivity index (χ0v) is 81.4. The minimum atomic E-state index is -0.283. The number of aryl methyl sites for hydroxylation is 2. The van der Waals surface area contributed by atoms with Crippen LogP contribution in [0.5, 0.6) is 5.75 Å². The van der Waals surface area contributed by atoms with Crippen LogP contribution in [0, 0.1) is 39.8 Å². The van der Waals surface area contributed by atoms with E-state index in [1.54, 1.807) is 48.0 Å². The molecule has 1 unspecified atom stereocenters. The van der Waals surface area contributed by atoms with E-state index in [1.807, 2.05) is 124 Å². The Labute approximate surface area is 725 Å². The number of hydrogen-bond donors (Lipinski definition) is 4. The number of benzene rings is 5. The molecule has 8 aromatic rings. The number of nitrogens with zero attached hydrogens (tertiary/aromatic N) is 4. The van der Waals surface area contributed by atoms with E-state index in [9.17, 15) is 4.39 Å². The van der Waals surface area contributed by atoms with Gasteiger partial charge in [-0.2, -0.15) is 0 Å². The molecule has 1 atom stereocenters. The standard InChI is InChI=1S/C15H24.C14H20.C14H22.C12H17FO.C12H18.C10H20N2.3C9H14N2.2C2H6/c1-14(2,3)11-12-7-9-13(10-8-12)15(4,5)6;1-14(2,3)13-10-6-8-11-7-4-5-9-12(11)13;1-11(2)13-8-6-12(7-9-13)10-14(3,4)5;1-12(2,3)8-9-5-6-11(14-4)10(13)7-9;1-10-5-7-11(8-6-10)9-12(2,3)4;1-2-4-10(5-3-1)12-8-6-11-7-9-12;1-9(2,10)7-8-3-5-11-6-4-8;1-9(2,10)6-8-4-3-5-11-7-8;1-9(2,10)7-8-5-3-4-6-11-8;2*1-2/h7-10H,11H2,1-6H3;4-5,7,9,13H,6,8,10H2,1-3H3;6-9,11H,10H2,1-5H3;5-7H,8H2,1-4H3;5-8H,9H2,1-4H3;10-11H,1-9H2;3-6H,7,10H2,1-2H3;3-5,7H,6,10H2,1-2H3;3-6H,7,10H2,1-2H3;2*1-2H3. The summed E-state index contributed by atoms with van der Waals surface area (Å²) >= 11 is 0. The van der Waals surface area contributed by atoms with Gasteiger partial charge in [0.2, 0.25) is 0 Å². The van der Waals surface area contributed by atoms with Crippen molar-refractivity contribution in [2.45, 2.75) is 351 Å². The van der Waals surface area contributed by atoms with Gasteiger partial charge in [0.1, 0.15) is 0 Å².